The van der Waals surface area contributed by atoms with Crippen LogP contribution in [0.25, 0.3) is 0 Å². The van der Waals surface area contributed by atoms with Crippen LogP contribution in [0.2, 0.25) is 0 Å². The Hall–Kier alpha value is -1.12. The Morgan fingerprint density at radius 2 is 1.40 bits per heavy atom. The van der Waals surface area contributed by atoms with E-state index in [4.69, 9.17) is 0 Å². The standard InChI is InChI=1S/C12H21N3/c1-3-5-9-13-11-7-8-12(15-11)14-10-6-4-2/h7-8H,3-6,9-10H2,1-2H3,(H,13,14,15). The van der Waals surface area contributed by atoms with Crippen LogP contribution < -0.4 is 5.32 Å². The lowest BCUT2D eigenvalue weighted by Crippen LogP contribution is -2.22. The van der Waals surface area contributed by atoms with Gasteiger partial charge in [0.25, 0.3) is 0 Å². The maximum absolute atomic E-state index is 4.43. The Labute approximate surface area is 92.4 Å². The van der Waals surface area contributed by atoms with Gasteiger partial charge < -0.3 is 5.32 Å². The summed E-state index contributed by atoms with van der Waals surface area (Å²) in [5.74, 6) is 1.91. The third-order valence-corrected chi connectivity index (χ3v) is 2.24. The van der Waals surface area contributed by atoms with Gasteiger partial charge in [-0.05, 0) is 25.0 Å². The molecule has 0 amide bonds. The van der Waals surface area contributed by atoms with Crippen molar-refractivity contribution in [1.29, 1.82) is 0 Å². The molecule has 0 bridgehead atoms. The van der Waals surface area contributed by atoms with Crippen molar-refractivity contribution in [3.05, 3.63) is 12.2 Å². The zero-order valence-corrected chi connectivity index (χ0v) is 9.79. The largest absolute Gasteiger partial charge is 0.326 e. The first-order chi connectivity index (χ1) is 7.36. The van der Waals surface area contributed by atoms with E-state index in [1.54, 1.807) is 0 Å². The van der Waals surface area contributed by atoms with Crippen molar-refractivity contribution in [3.8, 4) is 0 Å². The van der Waals surface area contributed by atoms with E-state index in [9.17, 15) is 0 Å². The number of hydrogen-bond donors (Lipinski definition) is 1. The molecule has 1 aliphatic heterocycles. The van der Waals surface area contributed by atoms with E-state index in [0.29, 0.717) is 0 Å². The Morgan fingerprint density at radius 3 is 1.80 bits per heavy atom. The zero-order valence-electron chi connectivity index (χ0n) is 9.79. The van der Waals surface area contributed by atoms with Crippen molar-refractivity contribution in [1.82, 2.24) is 5.32 Å². The molecule has 0 saturated heterocycles. The fourth-order valence-corrected chi connectivity index (χ4v) is 1.27. The number of nitrogens with zero attached hydrogens (tertiary/aromatic N) is 2. The van der Waals surface area contributed by atoms with Crippen LogP contribution in [0.5, 0.6) is 0 Å². The minimum absolute atomic E-state index is 0.908. The van der Waals surface area contributed by atoms with E-state index in [-0.39, 0.29) is 0 Å². The van der Waals surface area contributed by atoms with E-state index >= 15 is 0 Å². The second-order valence-electron chi connectivity index (χ2n) is 3.70. The number of amidine groups is 2. The fraction of sp³-hybridized carbons (Fsp3) is 0.667. The smallest absolute Gasteiger partial charge is 0.126 e. The lowest BCUT2D eigenvalue weighted by molar-refractivity contribution is 0.803. The van der Waals surface area contributed by atoms with Crippen LogP contribution in [0.4, 0.5) is 0 Å². The normalized spacial score (nSPS) is 20.1. The van der Waals surface area contributed by atoms with Gasteiger partial charge in [-0.25, -0.2) is 0 Å². The molecule has 0 aromatic rings. The van der Waals surface area contributed by atoms with Crippen LogP contribution >= 0.6 is 0 Å². The van der Waals surface area contributed by atoms with E-state index in [0.717, 1.165) is 37.6 Å². The van der Waals surface area contributed by atoms with E-state index in [2.05, 4.69) is 29.1 Å². The van der Waals surface area contributed by atoms with Crippen molar-refractivity contribution in [2.45, 2.75) is 39.5 Å². The van der Waals surface area contributed by atoms with Crippen LogP contribution in [0.1, 0.15) is 39.5 Å². The van der Waals surface area contributed by atoms with Crippen LogP contribution in [-0.4, -0.2) is 24.8 Å². The average Bonchev–Trinajstić information content (AvgIpc) is 2.67. The minimum atomic E-state index is 0.908. The van der Waals surface area contributed by atoms with Crippen molar-refractivity contribution in [2.75, 3.05) is 13.1 Å². The molecule has 0 aliphatic carbocycles. The first-order valence-corrected chi connectivity index (χ1v) is 5.90. The molecule has 3 nitrogen and oxygen atoms in total. The van der Waals surface area contributed by atoms with Crippen molar-refractivity contribution < 1.29 is 0 Å². The third kappa shape index (κ3) is 4.77. The number of aliphatic imine (C=N–C) groups is 2. The Balaban J connectivity index is 2.30. The first kappa shape index (κ1) is 12.0. The van der Waals surface area contributed by atoms with Crippen LogP contribution in [-0.2, 0) is 0 Å². The molecule has 15 heavy (non-hydrogen) atoms. The van der Waals surface area contributed by atoms with E-state index < -0.39 is 0 Å². The summed E-state index contributed by atoms with van der Waals surface area (Å²) >= 11 is 0. The molecule has 0 aromatic heterocycles. The number of hydrogen-bond acceptors (Lipinski definition) is 2. The summed E-state index contributed by atoms with van der Waals surface area (Å²) in [6.45, 7) is 6.17. The predicted molar refractivity (Wildman–Crippen MR) is 66.7 cm³/mol. The molecule has 1 rings (SSSR count). The second kappa shape index (κ2) is 7.21. The minimum Gasteiger partial charge on any atom is -0.326 e. The van der Waals surface area contributed by atoms with E-state index in [1.807, 2.05) is 12.2 Å². The zero-order chi connectivity index (χ0) is 10.9. The molecule has 1 heterocycles. The molecule has 1 aliphatic rings. The third-order valence-electron chi connectivity index (χ3n) is 2.24. The molecule has 0 spiro atoms. The summed E-state index contributed by atoms with van der Waals surface area (Å²) in [4.78, 5) is 8.86. The molecular weight excluding hydrogens is 186 g/mol. The van der Waals surface area contributed by atoms with Gasteiger partial charge >= 0.3 is 0 Å². The average molecular weight is 207 g/mol. The van der Waals surface area contributed by atoms with Crippen LogP contribution in [0.15, 0.2) is 22.1 Å². The van der Waals surface area contributed by atoms with E-state index in [1.165, 1.54) is 12.8 Å². The summed E-state index contributed by atoms with van der Waals surface area (Å²) in [6, 6.07) is 0. The highest BCUT2D eigenvalue weighted by Gasteiger charge is 2.05. The lowest BCUT2D eigenvalue weighted by Gasteiger charge is -1.99. The van der Waals surface area contributed by atoms with Gasteiger partial charge in [0, 0.05) is 13.1 Å². The van der Waals surface area contributed by atoms with Gasteiger partial charge in [0.15, 0.2) is 0 Å². The molecule has 84 valence electrons. The predicted octanol–water partition coefficient (Wildman–Crippen LogP) is 2.54. The van der Waals surface area contributed by atoms with Gasteiger partial charge in [-0.1, -0.05) is 26.7 Å². The highest BCUT2D eigenvalue weighted by Crippen LogP contribution is 1.96. The number of unbranched alkanes of at least 4 members (excludes halogenated alkanes) is 2. The summed E-state index contributed by atoms with van der Waals surface area (Å²) in [7, 11) is 0. The molecule has 1 N–H and O–H groups in total. The molecule has 0 fully saturated rings. The monoisotopic (exact) mass is 207 g/mol. The van der Waals surface area contributed by atoms with Gasteiger partial charge in [-0.15, -0.1) is 0 Å². The summed E-state index contributed by atoms with van der Waals surface area (Å²) < 4.78 is 0. The molecule has 0 aromatic carbocycles. The summed E-state index contributed by atoms with van der Waals surface area (Å²) in [6.07, 6.45) is 8.69. The van der Waals surface area contributed by atoms with Crippen molar-refractivity contribution in [3.63, 3.8) is 0 Å². The van der Waals surface area contributed by atoms with Gasteiger partial charge in [-0.2, -0.15) is 0 Å². The van der Waals surface area contributed by atoms with Crippen molar-refractivity contribution in [2.24, 2.45) is 9.98 Å². The fourth-order valence-electron chi connectivity index (χ4n) is 1.27. The van der Waals surface area contributed by atoms with Crippen molar-refractivity contribution >= 4 is 11.7 Å². The Bertz CT molecular complexity index is 238. The molecule has 0 radical (unpaired) electrons. The maximum Gasteiger partial charge on any atom is 0.126 e. The SMILES string of the molecule is CCCCN=C1C=CC(=NCCCC)N1. The summed E-state index contributed by atoms with van der Waals surface area (Å²) in [5.41, 5.74) is 0. The highest BCUT2D eigenvalue weighted by atomic mass is 15.1. The lowest BCUT2D eigenvalue weighted by atomic mass is 10.3. The van der Waals surface area contributed by atoms with Gasteiger partial charge in [0.05, 0.1) is 0 Å². The Morgan fingerprint density at radius 1 is 0.933 bits per heavy atom. The molecule has 0 atom stereocenters. The first-order valence-electron chi connectivity index (χ1n) is 5.90. The maximum atomic E-state index is 4.43. The van der Waals surface area contributed by atoms with Gasteiger partial charge in [0.2, 0.25) is 0 Å². The van der Waals surface area contributed by atoms with Crippen LogP contribution in [0, 0.1) is 0 Å². The Kier molecular flexibility index (Phi) is 5.74. The topological polar surface area (TPSA) is 36.8 Å². The molecule has 3 heteroatoms. The summed E-state index contributed by atoms with van der Waals surface area (Å²) in [5, 5.41) is 3.20. The number of nitrogens with one attached hydrogen (secondary N) is 1. The molecule has 0 unspecified atom stereocenters. The van der Waals surface area contributed by atoms with Gasteiger partial charge in [0.1, 0.15) is 11.7 Å². The number of rotatable bonds is 6. The molecular formula is C12H21N3. The van der Waals surface area contributed by atoms with Gasteiger partial charge in [-0.3, -0.25) is 9.98 Å². The quantitative estimate of drug-likeness (QED) is 0.668. The van der Waals surface area contributed by atoms with Crippen LogP contribution in [0.3, 0.4) is 0 Å². The highest BCUT2D eigenvalue weighted by molar-refractivity contribution is 6.17. The molecule has 0 saturated carbocycles. The second-order valence-corrected chi connectivity index (χ2v) is 3.70.